The average Bonchev–Trinajstić information content (AvgIpc) is 3.29. The molecule has 13 heteroatoms. The molecular weight excluding hydrogens is 538 g/mol. The summed E-state index contributed by atoms with van der Waals surface area (Å²) in [5.41, 5.74) is 13.4. The molecule has 1 aromatic carbocycles. The number of alkyl carbamates (subject to hydrolysis) is 1. The number of rotatable bonds is 15. The zero-order valence-corrected chi connectivity index (χ0v) is 25.1. The average molecular weight is 584 g/mol. The van der Waals surface area contributed by atoms with Crippen molar-refractivity contribution in [3.05, 3.63) is 30.1 Å². The van der Waals surface area contributed by atoms with E-state index in [1.54, 1.807) is 20.8 Å². The third-order valence-electron chi connectivity index (χ3n) is 6.44. The van der Waals surface area contributed by atoms with Crippen molar-refractivity contribution in [1.82, 2.24) is 30.5 Å². The molecule has 230 valence electrons. The van der Waals surface area contributed by atoms with Crippen LogP contribution < -0.4 is 27.4 Å². The Hall–Kier alpha value is -4.13. The van der Waals surface area contributed by atoms with Gasteiger partial charge < -0.3 is 41.5 Å². The van der Waals surface area contributed by atoms with E-state index in [9.17, 15) is 9.59 Å². The summed E-state index contributed by atoms with van der Waals surface area (Å²) >= 11 is 0. The highest BCUT2D eigenvalue weighted by Gasteiger charge is 2.24. The Bertz CT molecular complexity index is 1370. The lowest BCUT2D eigenvalue weighted by Crippen LogP contribution is -2.49. The van der Waals surface area contributed by atoms with Crippen molar-refractivity contribution in [3.8, 4) is 0 Å². The largest absolute Gasteiger partial charge is 0.444 e. The molecule has 0 aliphatic rings. The van der Waals surface area contributed by atoms with Gasteiger partial charge >= 0.3 is 6.09 Å². The van der Waals surface area contributed by atoms with Gasteiger partial charge in [0.15, 0.2) is 11.8 Å². The lowest BCUT2D eigenvalue weighted by atomic mass is 10.1. The number of nitrogens with one attached hydrogen (secondary N) is 4. The van der Waals surface area contributed by atoms with Crippen LogP contribution in [0.5, 0.6) is 0 Å². The smallest absolute Gasteiger partial charge is 0.408 e. The molecule has 0 unspecified atom stereocenters. The fourth-order valence-corrected chi connectivity index (χ4v) is 4.55. The number of unbranched alkanes of at least 4 members (excludes halogenated alkanes) is 1. The number of aromatic nitrogens is 3. The summed E-state index contributed by atoms with van der Waals surface area (Å²) in [6.45, 7) is 9.35. The van der Waals surface area contributed by atoms with E-state index in [2.05, 4.69) is 32.4 Å². The van der Waals surface area contributed by atoms with Crippen LogP contribution >= 0.6 is 0 Å². The number of fused-ring (bicyclic) bond motifs is 3. The molecule has 0 radical (unpaired) electrons. The van der Waals surface area contributed by atoms with Gasteiger partial charge in [-0.15, -0.1) is 0 Å². The number of anilines is 1. The van der Waals surface area contributed by atoms with Gasteiger partial charge in [-0.05, 0) is 46.1 Å². The number of para-hydroxylation sites is 1. The lowest BCUT2D eigenvalue weighted by Gasteiger charge is -2.23. The maximum absolute atomic E-state index is 12.9. The molecule has 0 fully saturated rings. The normalized spacial score (nSPS) is 12.3. The van der Waals surface area contributed by atoms with Gasteiger partial charge in [0.2, 0.25) is 5.91 Å². The predicted octanol–water partition coefficient (Wildman–Crippen LogP) is 2.80. The number of nitrogens with two attached hydrogens (primary N) is 2. The first-order valence-corrected chi connectivity index (χ1v) is 14.5. The summed E-state index contributed by atoms with van der Waals surface area (Å²) in [5.74, 6) is 0.867. The van der Waals surface area contributed by atoms with Crippen LogP contribution in [-0.4, -0.2) is 70.4 Å². The van der Waals surface area contributed by atoms with Crippen LogP contribution in [0.4, 0.5) is 10.6 Å². The van der Waals surface area contributed by atoms with Gasteiger partial charge in [-0.1, -0.05) is 31.5 Å². The van der Waals surface area contributed by atoms with Gasteiger partial charge in [0.05, 0.1) is 24.2 Å². The predicted molar refractivity (Wildman–Crippen MR) is 164 cm³/mol. The fraction of sp³-hybridized carbons (Fsp3) is 0.552. The molecule has 0 spiro atoms. The van der Waals surface area contributed by atoms with Crippen LogP contribution in [0.25, 0.3) is 21.9 Å². The SMILES string of the molecule is CCCCc1nc2c(N)nc3ccccc3c2n1CCOCCNC(=O)[C@H](CCCNC(=N)N)NC(=O)OC(C)(C)C. The molecule has 2 amide bonds. The van der Waals surface area contributed by atoms with Crippen molar-refractivity contribution in [2.45, 2.75) is 78.0 Å². The molecule has 8 N–H and O–H groups in total. The zero-order valence-electron chi connectivity index (χ0n) is 25.1. The van der Waals surface area contributed by atoms with E-state index in [0.717, 1.165) is 41.5 Å². The molecule has 0 saturated carbocycles. The molecular formula is C29H45N9O4. The molecule has 2 aromatic heterocycles. The summed E-state index contributed by atoms with van der Waals surface area (Å²) in [5, 5.41) is 16.4. The van der Waals surface area contributed by atoms with E-state index in [4.69, 9.17) is 31.3 Å². The van der Waals surface area contributed by atoms with Crippen molar-refractivity contribution in [2.75, 3.05) is 32.0 Å². The van der Waals surface area contributed by atoms with Crippen LogP contribution in [0.2, 0.25) is 0 Å². The van der Waals surface area contributed by atoms with E-state index < -0.39 is 17.7 Å². The Kier molecular flexibility index (Phi) is 11.7. The minimum atomic E-state index is -0.806. The molecule has 3 rings (SSSR count). The number of benzene rings is 1. The highest BCUT2D eigenvalue weighted by molar-refractivity contribution is 6.06. The van der Waals surface area contributed by atoms with Gasteiger partial charge in [-0.25, -0.2) is 14.8 Å². The molecule has 3 aromatic rings. The summed E-state index contributed by atoms with van der Waals surface area (Å²) in [7, 11) is 0. The molecule has 42 heavy (non-hydrogen) atoms. The molecule has 0 saturated heterocycles. The number of hydrogen-bond acceptors (Lipinski definition) is 8. The van der Waals surface area contributed by atoms with Crippen molar-refractivity contribution in [3.63, 3.8) is 0 Å². The number of amides is 2. The fourth-order valence-electron chi connectivity index (χ4n) is 4.55. The zero-order chi connectivity index (χ0) is 30.7. The van der Waals surface area contributed by atoms with Crippen LogP contribution in [0.3, 0.4) is 0 Å². The Morgan fingerprint density at radius 3 is 2.57 bits per heavy atom. The maximum atomic E-state index is 12.9. The number of carbonyl (C=O) groups excluding carboxylic acids is 2. The number of aryl methyl sites for hydroxylation is 1. The van der Waals surface area contributed by atoms with E-state index in [1.165, 1.54) is 0 Å². The van der Waals surface area contributed by atoms with E-state index in [0.29, 0.717) is 43.9 Å². The monoisotopic (exact) mass is 583 g/mol. The van der Waals surface area contributed by atoms with Crippen LogP contribution in [0, 0.1) is 5.41 Å². The first kappa shape index (κ1) is 32.4. The number of nitrogen functional groups attached to an aromatic ring is 1. The quantitative estimate of drug-likeness (QED) is 0.0885. The minimum absolute atomic E-state index is 0.150. The number of ether oxygens (including phenoxy) is 2. The van der Waals surface area contributed by atoms with E-state index in [-0.39, 0.29) is 25.0 Å². The number of carbonyl (C=O) groups is 2. The molecule has 0 bridgehead atoms. The molecule has 0 aliphatic carbocycles. The van der Waals surface area contributed by atoms with Gasteiger partial charge in [0, 0.05) is 31.4 Å². The van der Waals surface area contributed by atoms with E-state index >= 15 is 0 Å². The summed E-state index contributed by atoms with van der Waals surface area (Å²) in [6.07, 6.45) is 3.05. The molecule has 0 aliphatic heterocycles. The minimum Gasteiger partial charge on any atom is -0.444 e. The van der Waals surface area contributed by atoms with Gasteiger partial charge in [0.25, 0.3) is 0 Å². The number of guanidine groups is 1. The van der Waals surface area contributed by atoms with Crippen molar-refractivity contribution in [2.24, 2.45) is 5.73 Å². The van der Waals surface area contributed by atoms with E-state index in [1.807, 2.05) is 24.3 Å². The number of hydrogen-bond donors (Lipinski definition) is 6. The molecule has 1 atom stereocenters. The highest BCUT2D eigenvalue weighted by atomic mass is 16.6. The Morgan fingerprint density at radius 1 is 1.10 bits per heavy atom. The van der Waals surface area contributed by atoms with Crippen LogP contribution in [0.1, 0.15) is 59.2 Å². The Balaban J connectivity index is 1.58. The third kappa shape index (κ3) is 9.47. The summed E-state index contributed by atoms with van der Waals surface area (Å²) < 4.78 is 13.4. The first-order chi connectivity index (χ1) is 20.0. The van der Waals surface area contributed by atoms with Crippen LogP contribution in [-0.2, 0) is 27.2 Å². The summed E-state index contributed by atoms with van der Waals surface area (Å²) in [4.78, 5) is 34.6. The lowest BCUT2D eigenvalue weighted by molar-refractivity contribution is -0.123. The third-order valence-corrected chi connectivity index (χ3v) is 6.44. The van der Waals surface area contributed by atoms with Gasteiger partial charge in [-0.2, -0.15) is 0 Å². The van der Waals surface area contributed by atoms with Crippen LogP contribution in [0.15, 0.2) is 24.3 Å². The van der Waals surface area contributed by atoms with Crippen molar-refractivity contribution < 1.29 is 19.1 Å². The maximum Gasteiger partial charge on any atom is 0.408 e. The Labute approximate surface area is 246 Å². The standard InChI is InChI=1S/C29H45N9O4/c1-5-6-13-22-37-23-24(19-10-7-8-11-20(19)35-25(23)30)38(22)16-18-41-17-15-33-26(39)21(12-9-14-34-27(31)32)36-28(40)42-29(2,3)4/h7-8,10-11,21H,5-6,9,12-18H2,1-4H3,(H2,30,35)(H,33,39)(H,36,40)(H4,31,32,34)/t21-/m0/s1. The van der Waals surface area contributed by atoms with Gasteiger partial charge in [-0.3, -0.25) is 10.2 Å². The highest BCUT2D eigenvalue weighted by Crippen LogP contribution is 2.29. The molecule has 13 nitrogen and oxygen atoms in total. The number of imidazole rings is 1. The second-order valence-corrected chi connectivity index (χ2v) is 11.1. The second kappa shape index (κ2) is 15.2. The first-order valence-electron chi connectivity index (χ1n) is 14.5. The Morgan fingerprint density at radius 2 is 1.86 bits per heavy atom. The van der Waals surface area contributed by atoms with Crippen molar-refractivity contribution >= 4 is 45.7 Å². The van der Waals surface area contributed by atoms with Gasteiger partial charge in [0.1, 0.15) is 23.0 Å². The second-order valence-electron chi connectivity index (χ2n) is 11.1. The van der Waals surface area contributed by atoms with Crippen molar-refractivity contribution in [1.29, 1.82) is 5.41 Å². The summed E-state index contributed by atoms with van der Waals surface area (Å²) in [6, 6.07) is 7.08. The number of nitrogens with zero attached hydrogens (tertiary/aromatic N) is 3. The molecule has 2 heterocycles. The topological polar surface area (TPSA) is 195 Å². The number of pyridine rings is 1.